The van der Waals surface area contributed by atoms with Gasteiger partial charge in [0.25, 0.3) is 0 Å². The van der Waals surface area contributed by atoms with E-state index in [-0.39, 0.29) is 0 Å². The minimum atomic E-state index is 0.783. The molecule has 0 bridgehead atoms. The molecule has 18 heavy (non-hydrogen) atoms. The number of hydrogen-bond donors (Lipinski definition) is 1. The zero-order valence-electron chi connectivity index (χ0n) is 10.7. The van der Waals surface area contributed by atoms with Crippen molar-refractivity contribution in [3.05, 3.63) is 46.7 Å². The van der Waals surface area contributed by atoms with Gasteiger partial charge < -0.3 is 10.1 Å². The highest BCUT2D eigenvalue weighted by molar-refractivity contribution is 7.09. The molecule has 2 aromatic rings. The fourth-order valence-corrected chi connectivity index (χ4v) is 2.38. The van der Waals surface area contributed by atoms with E-state index in [4.69, 9.17) is 4.74 Å². The normalized spacial score (nSPS) is 10.3. The van der Waals surface area contributed by atoms with Crippen LogP contribution in [0.3, 0.4) is 0 Å². The summed E-state index contributed by atoms with van der Waals surface area (Å²) in [4.78, 5) is 1.42. The van der Waals surface area contributed by atoms with Gasteiger partial charge in [-0.15, -0.1) is 11.3 Å². The summed E-state index contributed by atoms with van der Waals surface area (Å²) >= 11 is 1.81. The Kier molecular flexibility index (Phi) is 5.09. The third-order valence-corrected chi connectivity index (χ3v) is 3.54. The minimum absolute atomic E-state index is 0.783. The summed E-state index contributed by atoms with van der Waals surface area (Å²) in [6, 6.07) is 12.4. The van der Waals surface area contributed by atoms with Gasteiger partial charge in [-0.2, -0.15) is 0 Å². The first-order valence-electron chi connectivity index (χ1n) is 6.37. The molecule has 0 atom stereocenters. The van der Waals surface area contributed by atoms with Gasteiger partial charge in [-0.3, -0.25) is 0 Å². The highest BCUT2D eigenvalue weighted by Crippen LogP contribution is 2.16. The number of thiophene rings is 1. The molecule has 1 aromatic heterocycles. The van der Waals surface area contributed by atoms with Crippen LogP contribution in [-0.2, 0) is 6.42 Å². The van der Waals surface area contributed by atoms with Crippen LogP contribution >= 0.6 is 11.3 Å². The van der Waals surface area contributed by atoms with E-state index in [1.54, 1.807) is 0 Å². The fraction of sp³-hybridized carbons (Fsp3) is 0.333. The van der Waals surface area contributed by atoms with Crippen molar-refractivity contribution < 1.29 is 4.74 Å². The standard InChI is InChI=1S/C15H19NOS/c1-2-11-17-14-7-5-13(6-8-14)16-10-9-15-4-3-12-18-15/h3-8,12,16H,2,9-11H2,1H3. The van der Waals surface area contributed by atoms with Crippen molar-refractivity contribution in [3.8, 4) is 5.75 Å². The number of anilines is 1. The van der Waals surface area contributed by atoms with Crippen LogP contribution in [0, 0.1) is 0 Å². The van der Waals surface area contributed by atoms with Crippen LogP contribution in [0.2, 0.25) is 0 Å². The van der Waals surface area contributed by atoms with E-state index in [1.165, 1.54) is 4.88 Å². The number of rotatable bonds is 7. The molecule has 2 nitrogen and oxygen atoms in total. The van der Waals surface area contributed by atoms with Crippen molar-refractivity contribution in [2.24, 2.45) is 0 Å². The van der Waals surface area contributed by atoms with Gasteiger partial charge in [-0.05, 0) is 48.6 Å². The van der Waals surface area contributed by atoms with E-state index in [0.29, 0.717) is 0 Å². The predicted molar refractivity (Wildman–Crippen MR) is 78.7 cm³/mol. The lowest BCUT2D eigenvalue weighted by molar-refractivity contribution is 0.317. The van der Waals surface area contributed by atoms with Crippen molar-refractivity contribution in [2.45, 2.75) is 19.8 Å². The van der Waals surface area contributed by atoms with E-state index < -0.39 is 0 Å². The maximum absolute atomic E-state index is 5.55. The van der Waals surface area contributed by atoms with Crippen LogP contribution in [0.15, 0.2) is 41.8 Å². The van der Waals surface area contributed by atoms with Crippen molar-refractivity contribution in [2.75, 3.05) is 18.5 Å². The molecule has 0 radical (unpaired) electrons. The van der Waals surface area contributed by atoms with Crippen LogP contribution in [0.1, 0.15) is 18.2 Å². The molecular weight excluding hydrogens is 242 g/mol. The third-order valence-electron chi connectivity index (χ3n) is 2.61. The van der Waals surface area contributed by atoms with Gasteiger partial charge in [0.05, 0.1) is 6.61 Å². The van der Waals surface area contributed by atoms with Crippen LogP contribution in [-0.4, -0.2) is 13.2 Å². The molecule has 1 heterocycles. The first-order valence-corrected chi connectivity index (χ1v) is 7.25. The smallest absolute Gasteiger partial charge is 0.119 e. The largest absolute Gasteiger partial charge is 0.494 e. The number of benzene rings is 1. The Balaban J connectivity index is 1.75. The molecular formula is C15H19NOS. The molecule has 0 saturated heterocycles. The molecule has 2 rings (SSSR count). The zero-order valence-corrected chi connectivity index (χ0v) is 11.5. The fourth-order valence-electron chi connectivity index (χ4n) is 1.67. The van der Waals surface area contributed by atoms with Crippen molar-refractivity contribution in [1.29, 1.82) is 0 Å². The lowest BCUT2D eigenvalue weighted by Gasteiger charge is -2.08. The lowest BCUT2D eigenvalue weighted by atomic mass is 10.3. The molecule has 0 spiro atoms. The van der Waals surface area contributed by atoms with Gasteiger partial charge in [0.1, 0.15) is 5.75 Å². The third kappa shape index (κ3) is 4.08. The molecule has 0 saturated carbocycles. The summed E-state index contributed by atoms with van der Waals surface area (Å²) in [5.41, 5.74) is 1.15. The monoisotopic (exact) mass is 261 g/mol. The second-order valence-electron chi connectivity index (χ2n) is 4.13. The number of hydrogen-bond acceptors (Lipinski definition) is 3. The van der Waals surface area contributed by atoms with Crippen LogP contribution in [0.5, 0.6) is 5.75 Å². The summed E-state index contributed by atoms with van der Waals surface area (Å²) in [6.45, 7) is 3.86. The Hall–Kier alpha value is -1.48. The summed E-state index contributed by atoms with van der Waals surface area (Å²) < 4.78 is 5.55. The SMILES string of the molecule is CCCOc1ccc(NCCc2cccs2)cc1. The predicted octanol–water partition coefficient (Wildman–Crippen LogP) is 4.19. The molecule has 1 aromatic carbocycles. The molecule has 3 heteroatoms. The molecule has 0 unspecified atom stereocenters. The van der Waals surface area contributed by atoms with Gasteiger partial charge in [0.15, 0.2) is 0 Å². The Morgan fingerprint density at radius 3 is 2.67 bits per heavy atom. The van der Waals surface area contributed by atoms with E-state index in [9.17, 15) is 0 Å². The Morgan fingerprint density at radius 1 is 1.17 bits per heavy atom. The maximum Gasteiger partial charge on any atom is 0.119 e. The highest BCUT2D eigenvalue weighted by atomic mass is 32.1. The maximum atomic E-state index is 5.55. The first-order chi connectivity index (χ1) is 8.88. The molecule has 0 aliphatic heterocycles. The van der Waals surface area contributed by atoms with Crippen LogP contribution in [0.4, 0.5) is 5.69 Å². The topological polar surface area (TPSA) is 21.3 Å². The zero-order chi connectivity index (χ0) is 12.6. The van der Waals surface area contributed by atoms with Gasteiger partial charge in [-0.1, -0.05) is 13.0 Å². The average Bonchev–Trinajstić information content (AvgIpc) is 2.91. The summed E-state index contributed by atoms with van der Waals surface area (Å²) in [6.07, 6.45) is 2.12. The summed E-state index contributed by atoms with van der Waals surface area (Å²) in [5.74, 6) is 0.945. The summed E-state index contributed by atoms with van der Waals surface area (Å²) in [7, 11) is 0. The molecule has 0 aliphatic rings. The van der Waals surface area contributed by atoms with Gasteiger partial charge in [0, 0.05) is 17.1 Å². The van der Waals surface area contributed by atoms with Crippen molar-refractivity contribution >= 4 is 17.0 Å². The second kappa shape index (κ2) is 7.07. The molecule has 0 amide bonds. The quantitative estimate of drug-likeness (QED) is 0.807. The Labute approximate surface area is 113 Å². The summed E-state index contributed by atoms with van der Waals surface area (Å²) in [5, 5.41) is 5.54. The number of nitrogens with one attached hydrogen (secondary N) is 1. The van der Waals surface area contributed by atoms with Gasteiger partial charge in [0.2, 0.25) is 0 Å². The van der Waals surface area contributed by atoms with Crippen LogP contribution in [0.25, 0.3) is 0 Å². The van der Waals surface area contributed by atoms with E-state index in [1.807, 2.05) is 23.5 Å². The lowest BCUT2D eigenvalue weighted by Crippen LogP contribution is -2.03. The molecule has 1 N–H and O–H groups in total. The minimum Gasteiger partial charge on any atom is -0.494 e. The van der Waals surface area contributed by atoms with E-state index in [0.717, 1.165) is 37.4 Å². The molecule has 0 fully saturated rings. The van der Waals surface area contributed by atoms with Crippen molar-refractivity contribution in [1.82, 2.24) is 0 Å². The first kappa shape index (κ1) is 13.0. The average molecular weight is 261 g/mol. The Morgan fingerprint density at radius 2 is 2.00 bits per heavy atom. The number of ether oxygens (including phenoxy) is 1. The van der Waals surface area contributed by atoms with E-state index >= 15 is 0 Å². The van der Waals surface area contributed by atoms with Crippen molar-refractivity contribution in [3.63, 3.8) is 0 Å². The molecule has 96 valence electrons. The van der Waals surface area contributed by atoms with Gasteiger partial charge >= 0.3 is 0 Å². The highest BCUT2D eigenvalue weighted by Gasteiger charge is 1.96. The second-order valence-corrected chi connectivity index (χ2v) is 5.16. The Bertz CT molecular complexity index is 436. The van der Waals surface area contributed by atoms with E-state index in [2.05, 4.69) is 41.9 Å². The van der Waals surface area contributed by atoms with Gasteiger partial charge in [-0.25, -0.2) is 0 Å². The van der Waals surface area contributed by atoms with Crippen LogP contribution < -0.4 is 10.1 Å². The molecule has 0 aliphatic carbocycles.